The topological polar surface area (TPSA) is 41.9 Å². The quantitative estimate of drug-likeness (QED) is 0.704. The van der Waals surface area contributed by atoms with Gasteiger partial charge >= 0.3 is 0 Å². The lowest BCUT2D eigenvalue weighted by Crippen LogP contribution is -2.36. The van der Waals surface area contributed by atoms with Crippen LogP contribution in [0, 0.1) is 0 Å². The summed E-state index contributed by atoms with van der Waals surface area (Å²) in [5, 5.41) is 9.13. The highest BCUT2D eigenvalue weighted by atomic mass is 16.7. The summed E-state index contributed by atoms with van der Waals surface area (Å²) in [6, 6.07) is 0. The minimum absolute atomic E-state index is 0.215. The molecule has 84 valence electrons. The molecule has 0 aromatic heterocycles. The van der Waals surface area contributed by atoms with Crippen LogP contribution in [0.5, 0.6) is 0 Å². The van der Waals surface area contributed by atoms with E-state index in [1.54, 1.807) is 0 Å². The minimum atomic E-state index is -0.215. The predicted molar refractivity (Wildman–Crippen MR) is 54.1 cm³/mol. The molecule has 0 saturated carbocycles. The van der Waals surface area contributed by atoms with E-state index in [1.807, 2.05) is 6.92 Å². The van der Waals surface area contributed by atoms with Gasteiger partial charge in [0, 0.05) is 13.1 Å². The second kappa shape index (κ2) is 6.35. The van der Waals surface area contributed by atoms with Crippen molar-refractivity contribution in [1.29, 1.82) is 0 Å². The lowest BCUT2D eigenvalue weighted by Gasteiger charge is -2.27. The average Bonchev–Trinajstić information content (AvgIpc) is 2.16. The highest BCUT2D eigenvalue weighted by Crippen LogP contribution is 2.07. The van der Waals surface area contributed by atoms with E-state index in [2.05, 4.69) is 11.9 Å². The summed E-state index contributed by atoms with van der Waals surface area (Å²) in [5.41, 5.74) is 0. The Bertz CT molecular complexity index is 146. The van der Waals surface area contributed by atoms with E-state index in [4.69, 9.17) is 14.6 Å². The van der Waals surface area contributed by atoms with Crippen LogP contribution in [0.1, 0.15) is 19.8 Å². The van der Waals surface area contributed by atoms with Gasteiger partial charge in [0.2, 0.25) is 0 Å². The fraction of sp³-hybridized carbons (Fsp3) is 1.00. The molecule has 4 heteroatoms. The van der Waals surface area contributed by atoms with Crippen LogP contribution in [0.15, 0.2) is 0 Å². The predicted octanol–water partition coefficient (Wildman–Crippen LogP) is 0.452. The van der Waals surface area contributed by atoms with Crippen molar-refractivity contribution >= 4 is 0 Å². The van der Waals surface area contributed by atoms with Crippen molar-refractivity contribution in [3.05, 3.63) is 0 Å². The maximum Gasteiger partial charge on any atom is 0.147 e. The largest absolute Gasteiger partial charge is 0.393 e. The van der Waals surface area contributed by atoms with Crippen molar-refractivity contribution in [2.45, 2.75) is 32.0 Å². The third kappa shape index (κ3) is 4.91. The number of hydrogen-bond acceptors (Lipinski definition) is 4. The van der Waals surface area contributed by atoms with Crippen molar-refractivity contribution < 1.29 is 14.6 Å². The van der Waals surface area contributed by atoms with Crippen LogP contribution in [0.3, 0.4) is 0 Å². The van der Waals surface area contributed by atoms with Crippen LogP contribution < -0.4 is 0 Å². The van der Waals surface area contributed by atoms with Crippen LogP contribution in [0.2, 0.25) is 0 Å². The molecule has 0 spiro atoms. The van der Waals surface area contributed by atoms with Crippen molar-refractivity contribution in [3.63, 3.8) is 0 Å². The highest BCUT2D eigenvalue weighted by molar-refractivity contribution is 4.65. The SMILES string of the molecule is CC(O)CCN(C)CC1CCOCO1. The van der Waals surface area contributed by atoms with Gasteiger partial charge in [-0.25, -0.2) is 0 Å². The van der Waals surface area contributed by atoms with Gasteiger partial charge in [0.15, 0.2) is 0 Å². The van der Waals surface area contributed by atoms with Crippen LogP contribution in [-0.4, -0.2) is 55.8 Å². The van der Waals surface area contributed by atoms with E-state index in [-0.39, 0.29) is 6.10 Å². The van der Waals surface area contributed by atoms with Crippen molar-refractivity contribution in [1.82, 2.24) is 4.90 Å². The average molecular weight is 203 g/mol. The zero-order valence-corrected chi connectivity index (χ0v) is 9.11. The van der Waals surface area contributed by atoms with Gasteiger partial charge in [0.25, 0.3) is 0 Å². The molecule has 0 aromatic carbocycles. The first-order valence-corrected chi connectivity index (χ1v) is 5.24. The molecule has 1 aliphatic rings. The molecule has 2 atom stereocenters. The van der Waals surface area contributed by atoms with Crippen molar-refractivity contribution in [2.75, 3.05) is 33.5 Å². The first-order chi connectivity index (χ1) is 6.68. The number of hydrogen-bond donors (Lipinski definition) is 1. The number of likely N-dealkylation sites (N-methyl/N-ethyl adjacent to an activating group) is 1. The molecule has 0 amide bonds. The normalized spacial score (nSPS) is 25.3. The van der Waals surface area contributed by atoms with E-state index < -0.39 is 0 Å². The van der Waals surface area contributed by atoms with Crippen LogP contribution >= 0.6 is 0 Å². The third-order valence-electron chi connectivity index (χ3n) is 2.42. The molecule has 1 aliphatic heterocycles. The smallest absolute Gasteiger partial charge is 0.147 e. The summed E-state index contributed by atoms with van der Waals surface area (Å²) in [6.07, 6.45) is 1.87. The molecule has 0 aliphatic carbocycles. The fourth-order valence-corrected chi connectivity index (χ4v) is 1.49. The van der Waals surface area contributed by atoms with Gasteiger partial charge in [-0.1, -0.05) is 0 Å². The van der Waals surface area contributed by atoms with Gasteiger partial charge in [-0.2, -0.15) is 0 Å². The van der Waals surface area contributed by atoms with E-state index >= 15 is 0 Å². The van der Waals surface area contributed by atoms with E-state index in [0.29, 0.717) is 12.9 Å². The Morgan fingerprint density at radius 1 is 1.57 bits per heavy atom. The summed E-state index contributed by atoms with van der Waals surface area (Å²) in [6.45, 7) is 4.89. The molecular formula is C10H21NO3. The monoisotopic (exact) mass is 203 g/mol. The molecule has 1 heterocycles. The molecule has 2 unspecified atom stereocenters. The zero-order chi connectivity index (χ0) is 10.4. The second-order valence-corrected chi connectivity index (χ2v) is 4.00. The van der Waals surface area contributed by atoms with E-state index in [0.717, 1.165) is 32.5 Å². The summed E-state index contributed by atoms with van der Waals surface area (Å²) in [4.78, 5) is 2.20. The number of aliphatic hydroxyl groups is 1. The molecule has 1 N–H and O–H groups in total. The minimum Gasteiger partial charge on any atom is -0.393 e. The second-order valence-electron chi connectivity index (χ2n) is 4.00. The summed E-state index contributed by atoms with van der Waals surface area (Å²) < 4.78 is 10.5. The zero-order valence-electron chi connectivity index (χ0n) is 9.11. The number of nitrogens with zero attached hydrogens (tertiary/aromatic N) is 1. The molecule has 0 radical (unpaired) electrons. The van der Waals surface area contributed by atoms with Gasteiger partial charge in [-0.15, -0.1) is 0 Å². The summed E-state index contributed by atoms with van der Waals surface area (Å²) >= 11 is 0. The van der Waals surface area contributed by atoms with Crippen LogP contribution in [-0.2, 0) is 9.47 Å². The maximum atomic E-state index is 9.13. The molecule has 1 saturated heterocycles. The van der Waals surface area contributed by atoms with E-state index in [1.165, 1.54) is 0 Å². The number of ether oxygens (including phenoxy) is 2. The molecule has 0 aromatic rings. The molecule has 0 bridgehead atoms. The maximum absolute atomic E-state index is 9.13. The molecule has 4 nitrogen and oxygen atoms in total. The number of rotatable bonds is 5. The Hall–Kier alpha value is -0.160. The Kier molecular flexibility index (Phi) is 5.40. The Balaban J connectivity index is 2.09. The van der Waals surface area contributed by atoms with Crippen molar-refractivity contribution in [3.8, 4) is 0 Å². The first kappa shape index (κ1) is 11.9. The molecule has 1 fully saturated rings. The molecule has 1 rings (SSSR count). The van der Waals surface area contributed by atoms with Gasteiger partial charge in [0.05, 0.1) is 18.8 Å². The van der Waals surface area contributed by atoms with Crippen LogP contribution in [0.4, 0.5) is 0 Å². The van der Waals surface area contributed by atoms with Crippen molar-refractivity contribution in [2.24, 2.45) is 0 Å². The van der Waals surface area contributed by atoms with Gasteiger partial charge in [-0.05, 0) is 26.8 Å². The standard InChI is InChI=1S/C10H21NO3/c1-9(12)3-5-11(2)7-10-4-6-13-8-14-10/h9-10,12H,3-8H2,1-2H3. The van der Waals surface area contributed by atoms with E-state index in [9.17, 15) is 0 Å². The summed E-state index contributed by atoms with van der Waals surface area (Å²) in [7, 11) is 2.06. The highest BCUT2D eigenvalue weighted by Gasteiger charge is 2.15. The Labute approximate surface area is 85.8 Å². The lowest BCUT2D eigenvalue weighted by molar-refractivity contribution is -0.143. The van der Waals surface area contributed by atoms with Gasteiger partial charge in [-0.3, -0.25) is 0 Å². The van der Waals surface area contributed by atoms with Crippen LogP contribution in [0.25, 0.3) is 0 Å². The number of aliphatic hydroxyl groups excluding tert-OH is 1. The summed E-state index contributed by atoms with van der Waals surface area (Å²) in [5.74, 6) is 0. The Morgan fingerprint density at radius 2 is 2.36 bits per heavy atom. The lowest BCUT2D eigenvalue weighted by atomic mass is 10.2. The molecular weight excluding hydrogens is 182 g/mol. The first-order valence-electron chi connectivity index (χ1n) is 5.24. The van der Waals surface area contributed by atoms with Gasteiger partial charge in [0.1, 0.15) is 6.79 Å². The van der Waals surface area contributed by atoms with Gasteiger partial charge < -0.3 is 19.5 Å². The Morgan fingerprint density at radius 3 is 2.93 bits per heavy atom. The molecule has 14 heavy (non-hydrogen) atoms. The fourth-order valence-electron chi connectivity index (χ4n) is 1.49. The third-order valence-corrected chi connectivity index (χ3v) is 2.42.